The van der Waals surface area contributed by atoms with Gasteiger partial charge in [-0.25, -0.2) is 18.4 Å². The van der Waals surface area contributed by atoms with E-state index in [1.807, 2.05) is 26.1 Å². The molecule has 15 heteroatoms. The molecule has 0 radical (unpaired) electrons. The second-order valence-electron chi connectivity index (χ2n) is 9.28. The average Bonchev–Trinajstić information content (AvgIpc) is 3.47. The predicted molar refractivity (Wildman–Crippen MR) is 134 cm³/mol. The molecule has 0 saturated carbocycles. The summed E-state index contributed by atoms with van der Waals surface area (Å²) in [5.41, 5.74) is -0.664. The molecular weight excluding hydrogens is 537 g/mol. The lowest BCUT2D eigenvalue weighted by Crippen LogP contribution is -2.44. The lowest BCUT2D eigenvalue weighted by Gasteiger charge is -2.27. The molecule has 11 nitrogen and oxygen atoms in total. The molecule has 39 heavy (non-hydrogen) atoms. The summed E-state index contributed by atoms with van der Waals surface area (Å²) in [5, 5.41) is 7.32. The zero-order chi connectivity index (χ0) is 28.1. The number of nitrogens with zero attached hydrogens (tertiary/aromatic N) is 7. The standard InChI is InChI=1S/C24H25F3N8O3S/c1-4-18-21(34-12-14(2)9-30-23(34)31-18)22(36)29-11-16-7-15(3)20(28-10-16)19-8-17-13-33(5-6-35(17)32-19)39(37,38)24(25,26)27/h7-10,12H,4-6,11,13H2,1-3H3,(H,29,36). The van der Waals surface area contributed by atoms with E-state index in [2.05, 4.69) is 25.4 Å². The Bertz CT molecular complexity index is 1690. The summed E-state index contributed by atoms with van der Waals surface area (Å²) < 4.78 is 66.1. The van der Waals surface area contributed by atoms with E-state index < -0.39 is 22.1 Å². The van der Waals surface area contributed by atoms with Crippen molar-refractivity contribution < 1.29 is 26.4 Å². The Balaban J connectivity index is 1.32. The summed E-state index contributed by atoms with van der Waals surface area (Å²) in [6.45, 7) is 5.03. The van der Waals surface area contributed by atoms with Crippen LogP contribution in [0, 0.1) is 13.8 Å². The number of nitrogens with one attached hydrogen (secondary N) is 1. The predicted octanol–water partition coefficient (Wildman–Crippen LogP) is 2.76. The maximum atomic E-state index is 13.1. The van der Waals surface area contributed by atoms with Crippen molar-refractivity contribution in [1.82, 2.24) is 38.8 Å². The van der Waals surface area contributed by atoms with E-state index in [4.69, 9.17) is 0 Å². The number of amides is 1. The molecule has 4 aromatic heterocycles. The second kappa shape index (κ2) is 9.72. The molecule has 0 bridgehead atoms. The third-order valence-corrected chi connectivity index (χ3v) is 8.03. The monoisotopic (exact) mass is 562 g/mol. The Hall–Kier alpha value is -3.85. The van der Waals surface area contributed by atoms with E-state index in [9.17, 15) is 26.4 Å². The van der Waals surface area contributed by atoms with Crippen LogP contribution in [0.5, 0.6) is 0 Å². The minimum Gasteiger partial charge on any atom is -0.347 e. The number of aryl methyl sites for hydroxylation is 3. The van der Waals surface area contributed by atoms with Gasteiger partial charge in [-0.2, -0.15) is 22.6 Å². The first-order chi connectivity index (χ1) is 18.4. The van der Waals surface area contributed by atoms with E-state index in [0.717, 1.165) is 16.7 Å². The van der Waals surface area contributed by atoms with Crippen LogP contribution in [0.1, 0.15) is 45.5 Å². The molecule has 5 heterocycles. The topological polar surface area (TPSA) is 127 Å². The van der Waals surface area contributed by atoms with E-state index in [-0.39, 0.29) is 25.5 Å². The van der Waals surface area contributed by atoms with Crippen LogP contribution >= 0.6 is 0 Å². The van der Waals surface area contributed by atoms with Gasteiger partial charge in [-0.05, 0) is 43.0 Å². The van der Waals surface area contributed by atoms with Crippen LogP contribution in [0.3, 0.4) is 0 Å². The molecular formula is C24H25F3N8O3S. The van der Waals surface area contributed by atoms with Gasteiger partial charge in [-0.1, -0.05) is 13.0 Å². The molecule has 0 spiro atoms. The molecule has 0 atom stereocenters. The van der Waals surface area contributed by atoms with E-state index in [0.29, 0.717) is 45.0 Å². The molecule has 1 N–H and O–H groups in total. The molecule has 0 aromatic carbocycles. The number of carbonyl (C=O) groups excluding carboxylic acids is 1. The van der Waals surface area contributed by atoms with Crippen LogP contribution in [0.2, 0.25) is 0 Å². The van der Waals surface area contributed by atoms with Crippen molar-refractivity contribution >= 4 is 21.7 Å². The summed E-state index contributed by atoms with van der Waals surface area (Å²) in [6.07, 6.45) is 5.65. The number of imidazole rings is 1. The number of pyridine rings is 1. The van der Waals surface area contributed by atoms with Crippen molar-refractivity contribution in [2.45, 2.75) is 52.3 Å². The molecule has 1 aliphatic heterocycles. The van der Waals surface area contributed by atoms with Crippen molar-refractivity contribution in [3.8, 4) is 11.4 Å². The van der Waals surface area contributed by atoms with Crippen LogP contribution in [-0.4, -0.2) is 59.8 Å². The Kier molecular flexibility index (Phi) is 6.66. The van der Waals surface area contributed by atoms with Crippen molar-refractivity contribution in [1.29, 1.82) is 0 Å². The van der Waals surface area contributed by atoms with E-state index >= 15 is 0 Å². The number of hydrogen-bond acceptors (Lipinski definition) is 7. The third kappa shape index (κ3) is 4.87. The number of hydrogen-bond donors (Lipinski definition) is 1. The molecule has 1 aliphatic rings. The Labute approximate surface area is 221 Å². The number of fused-ring (bicyclic) bond motifs is 2. The van der Waals surface area contributed by atoms with E-state index in [1.165, 1.54) is 4.68 Å². The molecule has 0 saturated heterocycles. The fraction of sp³-hybridized carbons (Fsp3) is 0.375. The summed E-state index contributed by atoms with van der Waals surface area (Å²) >= 11 is 0. The second-order valence-corrected chi connectivity index (χ2v) is 11.2. The van der Waals surface area contributed by atoms with Gasteiger partial charge in [-0.3, -0.25) is 18.9 Å². The number of rotatable bonds is 6. The van der Waals surface area contributed by atoms with Gasteiger partial charge in [-0.15, -0.1) is 0 Å². The van der Waals surface area contributed by atoms with Crippen molar-refractivity contribution in [2.75, 3.05) is 6.54 Å². The van der Waals surface area contributed by atoms with Gasteiger partial charge in [0.2, 0.25) is 5.78 Å². The summed E-state index contributed by atoms with van der Waals surface area (Å²) in [7, 11) is -5.43. The Morgan fingerprint density at radius 1 is 1.13 bits per heavy atom. The number of alkyl halides is 3. The number of aromatic nitrogens is 6. The highest BCUT2D eigenvalue weighted by atomic mass is 32.2. The van der Waals surface area contributed by atoms with Crippen LogP contribution < -0.4 is 5.32 Å². The SMILES string of the molecule is CCc1nc2ncc(C)cn2c1C(=O)NCc1cnc(-c2cc3n(n2)CCN(S(=O)(=O)C(F)(F)F)C3)c(C)c1. The van der Waals surface area contributed by atoms with Crippen molar-refractivity contribution in [2.24, 2.45) is 0 Å². The third-order valence-electron chi connectivity index (χ3n) is 6.46. The summed E-state index contributed by atoms with van der Waals surface area (Å²) in [6, 6.07) is 3.38. The maximum Gasteiger partial charge on any atom is 0.511 e. The molecule has 4 aromatic rings. The Morgan fingerprint density at radius 2 is 1.90 bits per heavy atom. The fourth-order valence-corrected chi connectivity index (χ4v) is 5.45. The molecule has 1 amide bonds. The van der Waals surface area contributed by atoms with Gasteiger partial charge >= 0.3 is 15.5 Å². The highest BCUT2D eigenvalue weighted by molar-refractivity contribution is 7.89. The first-order valence-corrected chi connectivity index (χ1v) is 13.5. The first kappa shape index (κ1) is 26.7. The van der Waals surface area contributed by atoms with Gasteiger partial charge in [0.15, 0.2) is 0 Å². The van der Waals surface area contributed by atoms with Crippen LogP contribution in [0.25, 0.3) is 17.2 Å². The number of sulfonamides is 1. The van der Waals surface area contributed by atoms with Crippen molar-refractivity contribution in [3.63, 3.8) is 0 Å². The zero-order valence-corrected chi connectivity index (χ0v) is 22.1. The van der Waals surface area contributed by atoms with Gasteiger partial charge in [0.1, 0.15) is 11.4 Å². The van der Waals surface area contributed by atoms with Crippen LogP contribution in [0.15, 0.2) is 30.7 Å². The summed E-state index contributed by atoms with van der Waals surface area (Å²) in [4.78, 5) is 26.3. The fourth-order valence-electron chi connectivity index (χ4n) is 4.54. The largest absolute Gasteiger partial charge is 0.511 e. The Morgan fingerprint density at radius 3 is 2.59 bits per heavy atom. The minimum absolute atomic E-state index is 0.00806. The minimum atomic E-state index is -5.43. The lowest BCUT2D eigenvalue weighted by molar-refractivity contribution is -0.0496. The first-order valence-electron chi connectivity index (χ1n) is 12.1. The van der Waals surface area contributed by atoms with Gasteiger partial charge in [0.25, 0.3) is 5.91 Å². The molecule has 0 fully saturated rings. The quantitative estimate of drug-likeness (QED) is 0.383. The average molecular weight is 563 g/mol. The normalized spacial score (nSPS) is 14.5. The molecule has 5 rings (SSSR count). The van der Waals surface area contributed by atoms with Gasteiger partial charge in [0.05, 0.1) is 30.2 Å². The molecule has 206 valence electrons. The highest BCUT2D eigenvalue weighted by Gasteiger charge is 2.50. The van der Waals surface area contributed by atoms with Crippen LogP contribution in [0.4, 0.5) is 13.2 Å². The molecule has 0 unspecified atom stereocenters. The highest BCUT2D eigenvalue weighted by Crippen LogP contribution is 2.31. The lowest BCUT2D eigenvalue weighted by atomic mass is 10.1. The maximum absolute atomic E-state index is 13.1. The van der Waals surface area contributed by atoms with Gasteiger partial charge < -0.3 is 5.32 Å². The summed E-state index contributed by atoms with van der Waals surface area (Å²) in [5.74, 6) is 0.153. The van der Waals surface area contributed by atoms with E-state index in [1.54, 1.807) is 29.8 Å². The van der Waals surface area contributed by atoms with Gasteiger partial charge in [0, 0.05) is 31.7 Å². The molecule has 0 aliphatic carbocycles. The number of halogens is 3. The smallest absolute Gasteiger partial charge is 0.347 e. The number of carbonyl (C=O) groups is 1. The van der Waals surface area contributed by atoms with Crippen molar-refractivity contribution in [3.05, 3.63) is 64.5 Å². The zero-order valence-electron chi connectivity index (χ0n) is 21.3. The van der Waals surface area contributed by atoms with Crippen LogP contribution in [-0.2, 0) is 36.1 Å².